The lowest BCUT2D eigenvalue weighted by Gasteiger charge is -2.28. The molecule has 142 valence electrons. The summed E-state index contributed by atoms with van der Waals surface area (Å²) in [6.45, 7) is 0.916. The van der Waals surface area contributed by atoms with Gasteiger partial charge in [0.05, 0.1) is 0 Å². The van der Waals surface area contributed by atoms with Crippen molar-refractivity contribution < 1.29 is 9.59 Å². The van der Waals surface area contributed by atoms with Crippen LogP contribution in [-0.4, -0.2) is 41.2 Å². The normalized spacial score (nSPS) is 16.4. The Morgan fingerprint density at radius 3 is 2.44 bits per heavy atom. The summed E-state index contributed by atoms with van der Waals surface area (Å²) in [5.74, 6) is -0.338. The number of likely N-dealkylation sites (N-methyl/N-ethyl adjacent to an activating group) is 1. The topological polar surface area (TPSA) is 40.6 Å². The fourth-order valence-corrected chi connectivity index (χ4v) is 4.05. The van der Waals surface area contributed by atoms with Gasteiger partial charge in [-0.15, -0.1) is 0 Å². The Balaban J connectivity index is 1.76. The lowest BCUT2D eigenvalue weighted by Crippen LogP contribution is -2.46. The number of hydrogen-bond donors (Lipinski definition) is 0. The molecule has 0 bridgehead atoms. The summed E-state index contributed by atoms with van der Waals surface area (Å²) >= 11 is 18.2. The molecular formula is C20H19Cl3N2O2. The second-order valence-electron chi connectivity index (χ2n) is 6.60. The van der Waals surface area contributed by atoms with Crippen LogP contribution in [-0.2, 0) is 11.3 Å². The van der Waals surface area contributed by atoms with Crippen LogP contribution in [0.2, 0.25) is 15.1 Å². The second kappa shape index (κ2) is 8.51. The Bertz CT molecular complexity index is 852. The van der Waals surface area contributed by atoms with Crippen molar-refractivity contribution in [3.63, 3.8) is 0 Å². The minimum Gasteiger partial charge on any atom is -0.340 e. The maximum Gasteiger partial charge on any atom is 0.254 e. The van der Waals surface area contributed by atoms with Crippen molar-refractivity contribution in [3.05, 3.63) is 68.7 Å². The summed E-state index contributed by atoms with van der Waals surface area (Å²) in [6, 6.07) is 11.6. The number of carbonyl (C=O) groups excluding carboxylic acids is 2. The van der Waals surface area contributed by atoms with Gasteiger partial charge in [-0.05, 0) is 42.7 Å². The SMILES string of the molecule is CN(Cc1ccccc1Cl)C(=O)C1CCCN1C(=O)c1cc(Cl)cc(Cl)c1. The van der Waals surface area contributed by atoms with Gasteiger partial charge < -0.3 is 9.80 Å². The molecule has 2 aromatic carbocycles. The van der Waals surface area contributed by atoms with Crippen molar-refractivity contribution in [3.8, 4) is 0 Å². The van der Waals surface area contributed by atoms with Crippen LogP contribution in [0.15, 0.2) is 42.5 Å². The monoisotopic (exact) mass is 424 g/mol. The van der Waals surface area contributed by atoms with E-state index in [-0.39, 0.29) is 11.8 Å². The maximum atomic E-state index is 13.0. The maximum absolute atomic E-state index is 13.0. The summed E-state index contributed by atoms with van der Waals surface area (Å²) in [7, 11) is 1.73. The molecule has 0 aliphatic carbocycles. The van der Waals surface area contributed by atoms with Crippen LogP contribution in [0.5, 0.6) is 0 Å². The van der Waals surface area contributed by atoms with Gasteiger partial charge in [-0.2, -0.15) is 0 Å². The first-order valence-electron chi connectivity index (χ1n) is 8.62. The molecule has 27 heavy (non-hydrogen) atoms. The molecule has 3 rings (SSSR count). The number of amides is 2. The van der Waals surface area contributed by atoms with Crippen LogP contribution >= 0.6 is 34.8 Å². The number of carbonyl (C=O) groups is 2. The molecule has 4 nitrogen and oxygen atoms in total. The molecule has 0 aromatic heterocycles. The third-order valence-electron chi connectivity index (χ3n) is 4.65. The zero-order valence-corrected chi connectivity index (χ0v) is 17.1. The molecule has 0 spiro atoms. The van der Waals surface area contributed by atoms with E-state index in [1.807, 2.05) is 18.2 Å². The van der Waals surface area contributed by atoms with Crippen LogP contribution in [0, 0.1) is 0 Å². The first-order valence-corrected chi connectivity index (χ1v) is 9.75. The van der Waals surface area contributed by atoms with Gasteiger partial charge in [0.25, 0.3) is 5.91 Å². The van der Waals surface area contributed by atoms with Crippen molar-refractivity contribution in [2.75, 3.05) is 13.6 Å². The molecule has 1 unspecified atom stereocenters. The number of rotatable bonds is 4. The van der Waals surface area contributed by atoms with E-state index in [1.54, 1.807) is 41.1 Å². The third kappa shape index (κ3) is 4.57. The lowest BCUT2D eigenvalue weighted by molar-refractivity contribution is -0.134. The lowest BCUT2D eigenvalue weighted by atomic mass is 10.1. The molecule has 0 radical (unpaired) electrons. The van der Waals surface area contributed by atoms with Gasteiger partial charge in [0.15, 0.2) is 0 Å². The number of likely N-dealkylation sites (tertiary alicyclic amines) is 1. The fourth-order valence-electron chi connectivity index (χ4n) is 3.32. The van der Waals surface area contributed by atoms with Crippen LogP contribution in [0.1, 0.15) is 28.8 Å². The fraction of sp³-hybridized carbons (Fsp3) is 0.300. The van der Waals surface area contributed by atoms with Crippen LogP contribution in [0.25, 0.3) is 0 Å². The van der Waals surface area contributed by atoms with Crippen LogP contribution in [0.3, 0.4) is 0 Å². The van der Waals surface area contributed by atoms with E-state index in [4.69, 9.17) is 34.8 Å². The standard InChI is InChI=1S/C20H19Cl3N2O2/c1-24(12-13-5-2-3-6-17(13)23)20(27)18-7-4-8-25(18)19(26)14-9-15(21)11-16(22)10-14/h2-3,5-6,9-11,18H,4,7-8,12H2,1H3. The highest BCUT2D eigenvalue weighted by Gasteiger charge is 2.36. The van der Waals surface area contributed by atoms with Gasteiger partial charge >= 0.3 is 0 Å². The van der Waals surface area contributed by atoms with Crippen molar-refractivity contribution in [2.24, 2.45) is 0 Å². The summed E-state index contributed by atoms with van der Waals surface area (Å²) in [5.41, 5.74) is 1.26. The molecule has 1 saturated heterocycles. The van der Waals surface area contributed by atoms with Gasteiger partial charge in [-0.3, -0.25) is 9.59 Å². The molecule has 1 heterocycles. The molecule has 1 fully saturated rings. The van der Waals surface area contributed by atoms with Gasteiger partial charge in [-0.1, -0.05) is 53.0 Å². The molecule has 1 atom stereocenters. The molecule has 7 heteroatoms. The minimum absolute atomic E-state index is 0.103. The summed E-state index contributed by atoms with van der Waals surface area (Å²) < 4.78 is 0. The van der Waals surface area contributed by atoms with E-state index < -0.39 is 6.04 Å². The van der Waals surface area contributed by atoms with Gasteiger partial charge in [0, 0.05) is 40.8 Å². The average molecular weight is 426 g/mol. The molecule has 0 saturated carbocycles. The van der Waals surface area contributed by atoms with Crippen LogP contribution < -0.4 is 0 Å². The Morgan fingerprint density at radius 1 is 1.11 bits per heavy atom. The highest BCUT2D eigenvalue weighted by Crippen LogP contribution is 2.26. The Hall–Kier alpha value is -1.75. The first kappa shape index (κ1) is 20.0. The van der Waals surface area contributed by atoms with Gasteiger partial charge in [-0.25, -0.2) is 0 Å². The highest BCUT2D eigenvalue weighted by molar-refractivity contribution is 6.35. The van der Waals surface area contributed by atoms with E-state index in [1.165, 1.54) is 0 Å². The van der Waals surface area contributed by atoms with E-state index in [0.717, 1.165) is 12.0 Å². The van der Waals surface area contributed by atoms with E-state index in [0.29, 0.717) is 40.1 Å². The number of nitrogens with zero attached hydrogens (tertiary/aromatic N) is 2. The predicted octanol–water partition coefficient (Wildman–Crippen LogP) is 4.91. The van der Waals surface area contributed by atoms with Gasteiger partial charge in [0.1, 0.15) is 6.04 Å². The van der Waals surface area contributed by atoms with E-state index in [2.05, 4.69) is 0 Å². The van der Waals surface area contributed by atoms with Crippen LogP contribution in [0.4, 0.5) is 0 Å². The number of benzene rings is 2. The second-order valence-corrected chi connectivity index (χ2v) is 7.88. The average Bonchev–Trinajstić information content (AvgIpc) is 3.11. The minimum atomic E-state index is -0.497. The van der Waals surface area contributed by atoms with Crippen molar-refractivity contribution >= 4 is 46.6 Å². The quantitative estimate of drug-likeness (QED) is 0.698. The van der Waals surface area contributed by atoms with E-state index in [9.17, 15) is 9.59 Å². The predicted molar refractivity (Wildman–Crippen MR) is 108 cm³/mol. The molecule has 2 amide bonds. The van der Waals surface area contributed by atoms with Gasteiger partial charge in [0.2, 0.25) is 5.91 Å². The Morgan fingerprint density at radius 2 is 1.78 bits per heavy atom. The first-order chi connectivity index (χ1) is 12.9. The third-order valence-corrected chi connectivity index (χ3v) is 5.45. The van der Waals surface area contributed by atoms with E-state index >= 15 is 0 Å². The smallest absolute Gasteiger partial charge is 0.254 e. The summed E-state index contributed by atoms with van der Waals surface area (Å²) in [6.07, 6.45) is 1.40. The van der Waals surface area contributed by atoms with Crippen molar-refractivity contribution in [2.45, 2.75) is 25.4 Å². The highest BCUT2D eigenvalue weighted by atomic mass is 35.5. The molecule has 1 aliphatic rings. The van der Waals surface area contributed by atoms with Crippen molar-refractivity contribution in [1.29, 1.82) is 0 Å². The zero-order chi connectivity index (χ0) is 19.6. The molecule has 1 aliphatic heterocycles. The molecule has 2 aromatic rings. The summed E-state index contributed by atoms with van der Waals surface area (Å²) in [5, 5.41) is 1.40. The Kier molecular flexibility index (Phi) is 6.30. The molecular weight excluding hydrogens is 407 g/mol. The van der Waals surface area contributed by atoms with Crippen molar-refractivity contribution in [1.82, 2.24) is 9.80 Å². The summed E-state index contributed by atoms with van der Waals surface area (Å²) in [4.78, 5) is 29.1. The zero-order valence-electron chi connectivity index (χ0n) is 14.8. The Labute approximate surface area is 173 Å². The number of halogens is 3. The largest absolute Gasteiger partial charge is 0.340 e. The number of hydrogen-bond acceptors (Lipinski definition) is 2. The molecule has 0 N–H and O–H groups in total.